The maximum Gasteiger partial charge on any atom is 0.161 e. The van der Waals surface area contributed by atoms with Crippen molar-refractivity contribution in [3.05, 3.63) is 23.8 Å². The molecule has 1 atom stereocenters. The van der Waals surface area contributed by atoms with Crippen molar-refractivity contribution in [2.45, 2.75) is 32.4 Å². The summed E-state index contributed by atoms with van der Waals surface area (Å²) in [6.07, 6.45) is 1.40. The lowest BCUT2D eigenvalue weighted by Crippen LogP contribution is -2.33. The van der Waals surface area contributed by atoms with E-state index in [9.17, 15) is 5.11 Å². The molecule has 0 aliphatic carbocycles. The Morgan fingerprint density at radius 1 is 1.14 bits per heavy atom. The van der Waals surface area contributed by atoms with Gasteiger partial charge in [0.2, 0.25) is 0 Å². The molecule has 1 aromatic rings. The van der Waals surface area contributed by atoms with Crippen LogP contribution >= 0.6 is 0 Å². The van der Waals surface area contributed by atoms with Gasteiger partial charge in [-0.05, 0) is 30.5 Å². The molecule has 5 heteroatoms. The largest absolute Gasteiger partial charge is 0.493 e. The van der Waals surface area contributed by atoms with Crippen LogP contribution in [0, 0.1) is 0 Å². The minimum atomic E-state index is -0.303. The van der Waals surface area contributed by atoms with E-state index in [-0.39, 0.29) is 6.10 Å². The average molecular weight is 311 g/mol. The first-order chi connectivity index (χ1) is 10.6. The lowest BCUT2D eigenvalue weighted by atomic mass is 10.1. The number of methoxy groups -OCH3 is 3. The second-order valence-electron chi connectivity index (χ2n) is 5.33. The Bertz CT molecular complexity index is 425. The van der Waals surface area contributed by atoms with Gasteiger partial charge in [-0.1, -0.05) is 13.0 Å². The maximum atomic E-state index is 9.93. The van der Waals surface area contributed by atoms with Crippen molar-refractivity contribution in [1.82, 2.24) is 4.90 Å². The molecule has 1 rings (SSSR count). The topological polar surface area (TPSA) is 51.2 Å². The summed E-state index contributed by atoms with van der Waals surface area (Å²) in [6.45, 7) is 5.04. The Balaban J connectivity index is 2.74. The third-order valence-corrected chi connectivity index (χ3v) is 3.62. The van der Waals surface area contributed by atoms with Crippen molar-refractivity contribution in [3.63, 3.8) is 0 Å². The van der Waals surface area contributed by atoms with Gasteiger partial charge in [-0.3, -0.25) is 4.90 Å². The van der Waals surface area contributed by atoms with Gasteiger partial charge in [0, 0.05) is 33.4 Å². The molecule has 0 heterocycles. The molecule has 0 bridgehead atoms. The number of nitrogens with zero attached hydrogens (tertiary/aromatic N) is 1. The first-order valence-corrected chi connectivity index (χ1v) is 7.74. The zero-order valence-corrected chi connectivity index (χ0v) is 14.2. The van der Waals surface area contributed by atoms with Crippen LogP contribution in [0.1, 0.15) is 25.3 Å². The number of hydrogen-bond acceptors (Lipinski definition) is 5. The molecule has 1 aromatic carbocycles. The summed E-state index contributed by atoms with van der Waals surface area (Å²) in [7, 11) is 4.98. The molecule has 0 aliphatic rings. The van der Waals surface area contributed by atoms with Crippen molar-refractivity contribution >= 4 is 0 Å². The predicted molar refractivity (Wildman–Crippen MR) is 87.6 cm³/mol. The van der Waals surface area contributed by atoms with Crippen LogP contribution in [0.25, 0.3) is 0 Å². The lowest BCUT2D eigenvalue weighted by molar-refractivity contribution is 0.0967. The molecule has 0 amide bonds. The molecule has 5 nitrogen and oxygen atoms in total. The first-order valence-electron chi connectivity index (χ1n) is 7.74. The van der Waals surface area contributed by atoms with E-state index >= 15 is 0 Å². The number of aliphatic hydroxyl groups excluding tert-OH is 1. The first kappa shape index (κ1) is 18.7. The Labute approximate surface area is 133 Å². The molecular weight excluding hydrogens is 282 g/mol. The van der Waals surface area contributed by atoms with Crippen molar-refractivity contribution in [2.24, 2.45) is 0 Å². The van der Waals surface area contributed by atoms with E-state index in [0.29, 0.717) is 6.54 Å². The highest BCUT2D eigenvalue weighted by Crippen LogP contribution is 2.28. The Hall–Kier alpha value is -1.30. The van der Waals surface area contributed by atoms with Gasteiger partial charge in [0.25, 0.3) is 0 Å². The van der Waals surface area contributed by atoms with Crippen molar-refractivity contribution < 1.29 is 19.3 Å². The number of ether oxygens (including phenoxy) is 3. The minimum Gasteiger partial charge on any atom is -0.493 e. The second-order valence-corrected chi connectivity index (χ2v) is 5.33. The predicted octanol–water partition coefficient (Wildman–Crippen LogP) is 2.31. The maximum absolute atomic E-state index is 9.93. The zero-order chi connectivity index (χ0) is 16.4. The highest BCUT2D eigenvalue weighted by molar-refractivity contribution is 5.42. The minimum absolute atomic E-state index is 0.303. The van der Waals surface area contributed by atoms with E-state index < -0.39 is 0 Å². The summed E-state index contributed by atoms with van der Waals surface area (Å²) < 4.78 is 15.7. The Kier molecular flexibility index (Phi) is 8.89. The quantitative estimate of drug-likeness (QED) is 0.636. The van der Waals surface area contributed by atoms with E-state index in [4.69, 9.17) is 14.2 Å². The number of aliphatic hydroxyl groups is 1. The molecule has 22 heavy (non-hydrogen) atoms. The van der Waals surface area contributed by atoms with Crippen molar-refractivity contribution in [1.29, 1.82) is 0 Å². The fourth-order valence-corrected chi connectivity index (χ4v) is 2.33. The molecule has 0 aliphatic heterocycles. The van der Waals surface area contributed by atoms with Crippen LogP contribution in [0.5, 0.6) is 11.5 Å². The van der Waals surface area contributed by atoms with Gasteiger partial charge in [0.15, 0.2) is 11.5 Å². The molecule has 0 aromatic heterocycles. The summed E-state index contributed by atoms with van der Waals surface area (Å²) in [5.41, 5.74) is 1.14. The van der Waals surface area contributed by atoms with Gasteiger partial charge in [0.1, 0.15) is 0 Å². The molecule has 0 unspecified atom stereocenters. The number of benzene rings is 1. The zero-order valence-electron chi connectivity index (χ0n) is 14.2. The molecule has 0 fully saturated rings. The van der Waals surface area contributed by atoms with E-state index in [1.807, 2.05) is 25.1 Å². The lowest BCUT2D eigenvalue weighted by Gasteiger charge is -2.25. The molecular formula is C17H29NO4. The summed E-state index contributed by atoms with van der Waals surface area (Å²) >= 11 is 0. The van der Waals surface area contributed by atoms with Crippen LogP contribution in [0.15, 0.2) is 18.2 Å². The Morgan fingerprint density at radius 3 is 2.45 bits per heavy atom. The smallest absolute Gasteiger partial charge is 0.161 e. The fraction of sp³-hybridized carbons (Fsp3) is 0.647. The van der Waals surface area contributed by atoms with Gasteiger partial charge in [0.05, 0.1) is 20.3 Å². The van der Waals surface area contributed by atoms with Crippen LogP contribution in [0.4, 0.5) is 0 Å². The molecule has 0 radical (unpaired) electrons. The van der Waals surface area contributed by atoms with Gasteiger partial charge in [-0.2, -0.15) is 0 Å². The summed E-state index contributed by atoms with van der Waals surface area (Å²) in [6, 6.07) is 5.93. The second kappa shape index (κ2) is 10.4. The highest BCUT2D eigenvalue weighted by Gasteiger charge is 2.12. The van der Waals surface area contributed by atoms with Crippen LogP contribution in [0.3, 0.4) is 0 Å². The average Bonchev–Trinajstić information content (AvgIpc) is 2.54. The van der Waals surface area contributed by atoms with E-state index in [1.54, 1.807) is 21.3 Å². The third kappa shape index (κ3) is 6.22. The SMILES string of the molecule is CC[C@H](O)CN(CCCOC)Cc1ccc(OC)c(OC)c1. The summed E-state index contributed by atoms with van der Waals surface area (Å²) in [5.74, 6) is 1.46. The van der Waals surface area contributed by atoms with Crippen molar-refractivity contribution in [3.8, 4) is 11.5 Å². The van der Waals surface area contributed by atoms with Gasteiger partial charge in [-0.15, -0.1) is 0 Å². The normalized spacial score (nSPS) is 12.5. The van der Waals surface area contributed by atoms with Gasteiger partial charge >= 0.3 is 0 Å². The van der Waals surface area contributed by atoms with Crippen LogP contribution in [-0.2, 0) is 11.3 Å². The van der Waals surface area contributed by atoms with E-state index in [2.05, 4.69) is 4.90 Å². The van der Waals surface area contributed by atoms with E-state index in [1.165, 1.54) is 0 Å². The monoisotopic (exact) mass is 311 g/mol. The van der Waals surface area contributed by atoms with Gasteiger partial charge < -0.3 is 19.3 Å². The molecule has 0 saturated heterocycles. The molecule has 1 N–H and O–H groups in total. The summed E-state index contributed by atoms with van der Waals surface area (Å²) in [5, 5.41) is 9.93. The number of rotatable bonds is 11. The molecule has 126 valence electrons. The molecule has 0 saturated carbocycles. The molecule has 0 spiro atoms. The highest BCUT2D eigenvalue weighted by atomic mass is 16.5. The van der Waals surface area contributed by atoms with E-state index in [0.717, 1.165) is 49.6 Å². The van der Waals surface area contributed by atoms with Crippen molar-refractivity contribution in [2.75, 3.05) is 41.0 Å². The summed E-state index contributed by atoms with van der Waals surface area (Å²) in [4.78, 5) is 2.24. The number of hydrogen-bond donors (Lipinski definition) is 1. The Morgan fingerprint density at radius 2 is 1.86 bits per heavy atom. The fourth-order valence-electron chi connectivity index (χ4n) is 2.33. The van der Waals surface area contributed by atoms with Gasteiger partial charge in [-0.25, -0.2) is 0 Å². The van der Waals surface area contributed by atoms with Crippen LogP contribution < -0.4 is 9.47 Å². The standard InChI is InChI=1S/C17H29NO4/c1-5-15(19)13-18(9-6-10-20-2)12-14-7-8-16(21-3)17(11-14)22-4/h7-8,11,15,19H,5-6,9-10,12-13H2,1-4H3/t15-/m0/s1. The van der Waals surface area contributed by atoms with Crippen LogP contribution in [0.2, 0.25) is 0 Å². The van der Waals surface area contributed by atoms with Crippen LogP contribution in [-0.4, -0.2) is 57.1 Å². The third-order valence-electron chi connectivity index (χ3n) is 3.62.